The largest absolute Gasteiger partial charge is 0.496 e. The quantitative estimate of drug-likeness (QED) is 0.441. The van der Waals surface area contributed by atoms with Gasteiger partial charge in [-0.2, -0.15) is 0 Å². The number of hydrogen-bond acceptors (Lipinski definition) is 7. The molecule has 2 heterocycles. The molecule has 1 amide bonds. The molecule has 37 heavy (non-hydrogen) atoms. The number of rotatable bonds is 8. The Labute approximate surface area is 216 Å². The first kappa shape index (κ1) is 26.4. The zero-order valence-corrected chi connectivity index (χ0v) is 21.9. The number of benzene rings is 2. The Bertz CT molecular complexity index is 1450. The number of nitrogens with zero attached hydrogens (tertiary/aromatic N) is 2. The minimum Gasteiger partial charge on any atom is -0.496 e. The molecule has 0 saturated carbocycles. The molecule has 196 valence electrons. The molecule has 1 fully saturated rings. The van der Waals surface area contributed by atoms with Crippen molar-refractivity contribution in [1.82, 2.24) is 9.88 Å². The molecule has 2 aromatic carbocycles. The molecule has 12 heteroatoms. The minimum atomic E-state index is -4.08. The predicted molar refractivity (Wildman–Crippen MR) is 140 cm³/mol. The molecule has 3 aromatic rings. The average Bonchev–Trinajstić information content (AvgIpc) is 3.18. The van der Waals surface area contributed by atoms with Crippen molar-refractivity contribution in [3.05, 3.63) is 72.6 Å². The van der Waals surface area contributed by atoms with Gasteiger partial charge in [0, 0.05) is 25.0 Å². The molecule has 0 aliphatic carbocycles. The molecular formula is C25H28N4O6S2. The second-order valence-electron chi connectivity index (χ2n) is 8.55. The van der Waals surface area contributed by atoms with E-state index < -0.39 is 20.0 Å². The number of carbonyl (C=O) groups is 1. The molecule has 1 aliphatic rings. The van der Waals surface area contributed by atoms with Gasteiger partial charge in [0.05, 0.1) is 34.3 Å². The van der Waals surface area contributed by atoms with E-state index in [1.165, 1.54) is 62.0 Å². The summed E-state index contributed by atoms with van der Waals surface area (Å²) in [6.07, 6.45) is 6.81. The molecule has 2 N–H and O–H groups in total. The maximum absolute atomic E-state index is 13.2. The van der Waals surface area contributed by atoms with E-state index in [0.29, 0.717) is 24.5 Å². The van der Waals surface area contributed by atoms with Crippen LogP contribution in [0, 0.1) is 0 Å². The van der Waals surface area contributed by atoms with Gasteiger partial charge in [-0.15, -0.1) is 0 Å². The van der Waals surface area contributed by atoms with E-state index in [1.807, 2.05) is 0 Å². The lowest BCUT2D eigenvalue weighted by Gasteiger charge is -2.22. The first-order valence-corrected chi connectivity index (χ1v) is 14.7. The predicted octanol–water partition coefficient (Wildman–Crippen LogP) is 3.71. The number of methoxy groups -OCH3 is 1. The lowest BCUT2D eigenvalue weighted by Crippen LogP contribution is -2.32. The Kier molecular flexibility index (Phi) is 7.98. The summed E-state index contributed by atoms with van der Waals surface area (Å²) in [5.74, 6) is 0.0235. The number of hydrogen-bond donors (Lipinski definition) is 2. The summed E-state index contributed by atoms with van der Waals surface area (Å²) >= 11 is 0. The van der Waals surface area contributed by atoms with Crippen molar-refractivity contribution < 1.29 is 26.4 Å². The highest BCUT2D eigenvalue weighted by Gasteiger charge is 2.24. The van der Waals surface area contributed by atoms with Crippen LogP contribution in [-0.4, -0.2) is 52.8 Å². The number of ether oxygens (including phenoxy) is 1. The second kappa shape index (κ2) is 11.2. The molecule has 4 rings (SSSR count). The third-order valence-corrected chi connectivity index (χ3v) is 8.71. The van der Waals surface area contributed by atoms with Crippen molar-refractivity contribution >= 4 is 37.3 Å². The molecule has 0 spiro atoms. The molecule has 0 radical (unpaired) electrons. The first-order valence-electron chi connectivity index (χ1n) is 11.7. The van der Waals surface area contributed by atoms with Gasteiger partial charge >= 0.3 is 0 Å². The highest BCUT2D eigenvalue weighted by Crippen LogP contribution is 2.27. The van der Waals surface area contributed by atoms with Gasteiger partial charge in [0.25, 0.3) is 26.0 Å². The highest BCUT2D eigenvalue weighted by molar-refractivity contribution is 7.93. The first-order chi connectivity index (χ1) is 17.7. The summed E-state index contributed by atoms with van der Waals surface area (Å²) in [6.45, 7) is 1.23. The summed E-state index contributed by atoms with van der Waals surface area (Å²) in [4.78, 5) is 18.6. The lowest BCUT2D eigenvalue weighted by molar-refractivity contribution is 0.0758. The van der Waals surface area contributed by atoms with Crippen molar-refractivity contribution in [1.29, 1.82) is 0 Å². The fourth-order valence-corrected chi connectivity index (χ4v) is 6.15. The van der Waals surface area contributed by atoms with Crippen LogP contribution < -0.4 is 14.2 Å². The second-order valence-corrected chi connectivity index (χ2v) is 11.9. The Balaban J connectivity index is 1.53. The van der Waals surface area contributed by atoms with Crippen molar-refractivity contribution in [2.24, 2.45) is 0 Å². The normalized spacial score (nSPS) is 14.5. The summed E-state index contributed by atoms with van der Waals surface area (Å²) < 4.78 is 61.6. The van der Waals surface area contributed by atoms with Gasteiger partial charge in [0.1, 0.15) is 5.75 Å². The van der Waals surface area contributed by atoms with Gasteiger partial charge in [0.15, 0.2) is 0 Å². The third kappa shape index (κ3) is 6.38. The number of amides is 1. The maximum atomic E-state index is 13.2. The summed E-state index contributed by atoms with van der Waals surface area (Å²) in [6, 6.07) is 12.6. The fraction of sp³-hybridized carbons (Fsp3) is 0.280. The summed E-state index contributed by atoms with van der Waals surface area (Å²) in [7, 11) is -6.53. The van der Waals surface area contributed by atoms with Crippen LogP contribution >= 0.6 is 0 Å². The molecule has 0 bridgehead atoms. The van der Waals surface area contributed by atoms with Gasteiger partial charge in [-0.05, 0) is 67.4 Å². The third-order valence-electron chi connectivity index (χ3n) is 5.94. The van der Waals surface area contributed by atoms with Crippen LogP contribution in [0.3, 0.4) is 0 Å². The van der Waals surface area contributed by atoms with Crippen LogP contribution in [0.2, 0.25) is 0 Å². The molecule has 0 unspecified atom stereocenters. The van der Waals surface area contributed by atoms with Gasteiger partial charge in [-0.3, -0.25) is 19.2 Å². The highest BCUT2D eigenvalue weighted by atomic mass is 32.2. The Morgan fingerprint density at radius 3 is 2.08 bits per heavy atom. The van der Waals surface area contributed by atoms with E-state index in [0.717, 1.165) is 25.7 Å². The SMILES string of the molecule is COc1ccc(S(=O)(=O)Nc2ccc(S(=O)(=O)Nc3cccnc3)cc2)cc1C(=O)N1CCCCCC1. The van der Waals surface area contributed by atoms with E-state index in [4.69, 9.17) is 4.74 Å². The van der Waals surface area contributed by atoms with Crippen molar-refractivity contribution in [2.45, 2.75) is 35.5 Å². The van der Waals surface area contributed by atoms with E-state index in [2.05, 4.69) is 14.4 Å². The Hall–Kier alpha value is -3.64. The number of likely N-dealkylation sites (tertiary alicyclic amines) is 1. The van der Waals surface area contributed by atoms with Gasteiger partial charge in [-0.25, -0.2) is 16.8 Å². The number of sulfonamides is 2. The zero-order valence-electron chi connectivity index (χ0n) is 20.3. The molecule has 10 nitrogen and oxygen atoms in total. The van der Waals surface area contributed by atoms with Crippen molar-refractivity contribution in [3.8, 4) is 5.75 Å². The van der Waals surface area contributed by atoms with Crippen LogP contribution in [0.25, 0.3) is 0 Å². The summed E-state index contributed by atoms with van der Waals surface area (Å²) in [5, 5.41) is 0. The van der Waals surface area contributed by atoms with Crippen LogP contribution in [0.5, 0.6) is 5.75 Å². The number of carbonyl (C=O) groups excluding carboxylic acids is 1. The maximum Gasteiger partial charge on any atom is 0.261 e. The van der Waals surface area contributed by atoms with Gasteiger partial charge in [-0.1, -0.05) is 12.8 Å². The fourth-order valence-electron chi connectivity index (χ4n) is 4.02. The smallest absolute Gasteiger partial charge is 0.261 e. The van der Waals surface area contributed by atoms with Crippen molar-refractivity contribution in [2.75, 3.05) is 29.6 Å². The van der Waals surface area contributed by atoms with Crippen molar-refractivity contribution in [3.63, 3.8) is 0 Å². The Morgan fingerprint density at radius 1 is 0.838 bits per heavy atom. The van der Waals surface area contributed by atoms with Gasteiger partial charge < -0.3 is 9.64 Å². The van der Waals surface area contributed by atoms with Crippen LogP contribution in [-0.2, 0) is 20.0 Å². The zero-order chi connectivity index (χ0) is 26.5. The number of aromatic nitrogens is 1. The van der Waals surface area contributed by atoms with Crippen LogP contribution in [0.4, 0.5) is 11.4 Å². The number of nitrogens with one attached hydrogen (secondary N) is 2. The molecule has 1 aromatic heterocycles. The summed E-state index contributed by atoms with van der Waals surface area (Å²) in [5.41, 5.74) is 0.643. The molecule has 1 aliphatic heterocycles. The number of pyridine rings is 1. The van der Waals surface area contributed by atoms with Crippen LogP contribution in [0.15, 0.2) is 76.8 Å². The minimum absolute atomic E-state index is 0.0471. The van der Waals surface area contributed by atoms with Crippen LogP contribution in [0.1, 0.15) is 36.0 Å². The topological polar surface area (TPSA) is 135 Å². The van der Waals surface area contributed by atoms with E-state index in [-0.39, 0.29) is 26.9 Å². The number of anilines is 2. The van der Waals surface area contributed by atoms with E-state index in [1.54, 1.807) is 17.0 Å². The van der Waals surface area contributed by atoms with E-state index >= 15 is 0 Å². The monoisotopic (exact) mass is 544 g/mol. The standard InChI is InChI=1S/C25H28N4O6S2/c1-35-24-13-12-22(17-23(24)25(30)29-15-4-2-3-5-16-29)37(33,34)27-19-8-10-21(11-9-19)36(31,32)28-20-7-6-14-26-18-20/h6-14,17-18,27-28H,2-5,15-16H2,1H3. The van der Waals surface area contributed by atoms with E-state index in [9.17, 15) is 21.6 Å². The lowest BCUT2D eigenvalue weighted by atomic mass is 10.1. The Morgan fingerprint density at radius 2 is 1.46 bits per heavy atom. The van der Waals surface area contributed by atoms with Gasteiger partial charge in [0.2, 0.25) is 0 Å². The average molecular weight is 545 g/mol. The molecule has 1 saturated heterocycles. The molecule has 0 atom stereocenters. The molecular weight excluding hydrogens is 516 g/mol.